The van der Waals surface area contributed by atoms with Gasteiger partial charge in [-0.05, 0) is 61.4 Å². The number of esters is 2. The fraction of sp³-hybridized carbons (Fsp3) is 0.0909. The number of benzene rings is 3. The van der Waals surface area contributed by atoms with Crippen molar-refractivity contribution >= 4 is 11.9 Å². The van der Waals surface area contributed by atoms with Gasteiger partial charge in [-0.25, -0.2) is 9.59 Å². The van der Waals surface area contributed by atoms with Crippen LogP contribution in [0.1, 0.15) is 31.8 Å². The van der Waals surface area contributed by atoms with Crippen LogP contribution in [0.5, 0.6) is 46.0 Å². The number of carbonyl (C=O) groups excluding carboxylic acids is 2. The second-order valence-corrected chi connectivity index (χ2v) is 6.91. The van der Waals surface area contributed by atoms with Crippen LogP contribution in [0.25, 0.3) is 0 Å². The molecule has 0 heterocycles. The fourth-order valence-corrected chi connectivity index (χ4v) is 2.79. The van der Waals surface area contributed by atoms with Gasteiger partial charge < -0.3 is 40.1 Å². The molecule has 3 aromatic carbocycles. The fourth-order valence-electron chi connectivity index (χ4n) is 2.79. The summed E-state index contributed by atoms with van der Waals surface area (Å²) in [5.41, 5.74) is 0.138. The summed E-state index contributed by atoms with van der Waals surface area (Å²) in [6, 6.07) is 6.45. The number of phenols is 6. The SMILES string of the molecule is Cc1cc(O)c(O)c(OC(=O)c2cc(O)c(O)c(OC(=O)c3cc(C)c(O)c(O)c3)c2)c1. The summed E-state index contributed by atoms with van der Waals surface area (Å²) in [6.07, 6.45) is 0. The van der Waals surface area contributed by atoms with Crippen molar-refractivity contribution < 1.29 is 49.7 Å². The first-order chi connectivity index (χ1) is 15.0. The van der Waals surface area contributed by atoms with Gasteiger partial charge >= 0.3 is 11.9 Å². The summed E-state index contributed by atoms with van der Waals surface area (Å²) in [4.78, 5) is 24.9. The molecule has 0 saturated carbocycles. The molecule has 3 aromatic rings. The molecule has 32 heavy (non-hydrogen) atoms. The summed E-state index contributed by atoms with van der Waals surface area (Å²) >= 11 is 0. The maximum absolute atomic E-state index is 12.5. The van der Waals surface area contributed by atoms with Crippen molar-refractivity contribution in [2.24, 2.45) is 0 Å². The van der Waals surface area contributed by atoms with Gasteiger partial charge in [-0.15, -0.1) is 0 Å². The molecule has 0 radical (unpaired) electrons. The summed E-state index contributed by atoms with van der Waals surface area (Å²) in [6.45, 7) is 3.02. The summed E-state index contributed by atoms with van der Waals surface area (Å²) in [5, 5.41) is 58.7. The van der Waals surface area contributed by atoms with E-state index in [1.54, 1.807) is 6.92 Å². The molecule has 0 unspecified atom stereocenters. The van der Waals surface area contributed by atoms with Gasteiger partial charge in [-0.1, -0.05) is 0 Å². The molecule has 0 bridgehead atoms. The zero-order valence-electron chi connectivity index (χ0n) is 16.8. The predicted molar refractivity (Wildman–Crippen MR) is 109 cm³/mol. The molecule has 6 N–H and O–H groups in total. The van der Waals surface area contributed by atoms with E-state index in [-0.39, 0.29) is 22.4 Å². The number of hydrogen-bond acceptors (Lipinski definition) is 10. The van der Waals surface area contributed by atoms with Gasteiger partial charge in [-0.3, -0.25) is 0 Å². The Hall–Kier alpha value is -4.60. The molecule has 0 fully saturated rings. The van der Waals surface area contributed by atoms with Crippen molar-refractivity contribution in [2.45, 2.75) is 13.8 Å². The Kier molecular flexibility index (Phi) is 5.71. The second kappa shape index (κ2) is 8.26. The smallest absolute Gasteiger partial charge is 0.343 e. The highest BCUT2D eigenvalue weighted by Gasteiger charge is 2.22. The van der Waals surface area contributed by atoms with Gasteiger partial charge in [0.25, 0.3) is 0 Å². The van der Waals surface area contributed by atoms with E-state index in [4.69, 9.17) is 9.47 Å². The minimum Gasteiger partial charge on any atom is -0.504 e. The zero-order chi connectivity index (χ0) is 23.7. The molecular formula is C22H18O10. The summed E-state index contributed by atoms with van der Waals surface area (Å²) < 4.78 is 10.1. The lowest BCUT2D eigenvalue weighted by Gasteiger charge is -2.12. The normalized spacial score (nSPS) is 10.6. The Morgan fingerprint density at radius 1 is 0.594 bits per heavy atom. The van der Waals surface area contributed by atoms with Crippen LogP contribution >= 0.6 is 0 Å². The molecule has 0 saturated heterocycles. The third-order valence-corrected chi connectivity index (χ3v) is 4.41. The van der Waals surface area contributed by atoms with E-state index in [9.17, 15) is 40.2 Å². The van der Waals surface area contributed by atoms with E-state index in [1.807, 2.05) is 0 Å². The molecule has 0 atom stereocenters. The van der Waals surface area contributed by atoms with E-state index >= 15 is 0 Å². The Morgan fingerprint density at radius 2 is 1.03 bits per heavy atom. The van der Waals surface area contributed by atoms with E-state index in [0.29, 0.717) is 5.56 Å². The first kappa shape index (κ1) is 22.1. The molecule has 0 aromatic heterocycles. The van der Waals surface area contributed by atoms with Crippen LogP contribution in [0.2, 0.25) is 0 Å². The quantitative estimate of drug-likeness (QED) is 0.200. The molecule has 0 spiro atoms. The second-order valence-electron chi connectivity index (χ2n) is 6.91. The van der Waals surface area contributed by atoms with Crippen molar-refractivity contribution in [3.05, 3.63) is 58.7 Å². The molecule has 0 aliphatic rings. The lowest BCUT2D eigenvalue weighted by Crippen LogP contribution is -2.12. The third kappa shape index (κ3) is 4.29. The average Bonchev–Trinajstić information content (AvgIpc) is 2.72. The number of aryl methyl sites for hydroxylation is 2. The minimum absolute atomic E-state index is 0.176. The number of ether oxygens (including phenoxy) is 2. The first-order valence-electron chi connectivity index (χ1n) is 9.03. The third-order valence-electron chi connectivity index (χ3n) is 4.41. The van der Waals surface area contributed by atoms with Crippen LogP contribution in [-0.2, 0) is 0 Å². The van der Waals surface area contributed by atoms with Crippen LogP contribution in [0.3, 0.4) is 0 Å². The Morgan fingerprint density at radius 3 is 1.56 bits per heavy atom. The molecule has 3 rings (SSSR count). The van der Waals surface area contributed by atoms with Gasteiger partial charge in [0, 0.05) is 0 Å². The van der Waals surface area contributed by atoms with Crippen molar-refractivity contribution in [2.75, 3.05) is 0 Å². The van der Waals surface area contributed by atoms with E-state index in [2.05, 4.69) is 0 Å². The average molecular weight is 442 g/mol. The summed E-state index contributed by atoms with van der Waals surface area (Å²) in [5.74, 6) is -6.93. The van der Waals surface area contributed by atoms with Crippen LogP contribution in [0, 0.1) is 13.8 Å². The number of rotatable bonds is 4. The Balaban J connectivity index is 1.91. The van der Waals surface area contributed by atoms with Crippen molar-refractivity contribution in [3.8, 4) is 46.0 Å². The van der Waals surface area contributed by atoms with Gasteiger partial charge in [0.15, 0.2) is 34.5 Å². The van der Waals surface area contributed by atoms with Crippen LogP contribution in [0.15, 0.2) is 36.4 Å². The summed E-state index contributed by atoms with van der Waals surface area (Å²) in [7, 11) is 0. The van der Waals surface area contributed by atoms with E-state index < -0.39 is 52.2 Å². The van der Waals surface area contributed by atoms with Crippen LogP contribution in [0.4, 0.5) is 0 Å². The number of carbonyl (C=O) groups is 2. The molecule has 0 aliphatic heterocycles. The van der Waals surface area contributed by atoms with Crippen LogP contribution in [-0.4, -0.2) is 42.6 Å². The standard InChI is InChI=1S/C22H18O10/c1-9-3-13(23)19(27)16(4-9)31-22(30)12-7-15(25)20(28)17(8-12)32-21(29)11-5-10(2)18(26)14(24)6-11/h3-8,23-28H,1-2H3. The number of phenolic OH excluding ortho intramolecular Hbond substituents is 6. The minimum atomic E-state index is -1.10. The molecule has 166 valence electrons. The predicted octanol–water partition coefficient (Wildman–Crippen LogP) is 2.98. The topological polar surface area (TPSA) is 174 Å². The molecule has 0 amide bonds. The lowest BCUT2D eigenvalue weighted by molar-refractivity contribution is 0.0708. The van der Waals surface area contributed by atoms with Gasteiger partial charge in [0.05, 0.1) is 11.1 Å². The van der Waals surface area contributed by atoms with Crippen molar-refractivity contribution in [3.63, 3.8) is 0 Å². The largest absolute Gasteiger partial charge is 0.504 e. The van der Waals surface area contributed by atoms with Gasteiger partial charge in [0.2, 0.25) is 11.5 Å². The lowest BCUT2D eigenvalue weighted by atomic mass is 10.1. The molecule has 0 aliphatic carbocycles. The maximum Gasteiger partial charge on any atom is 0.343 e. The van der Waals surface area contributed by atoms with Gasteiger partial charge in [0.1, 0.15) is 0 Å². The van der Waals surface area contributed by atoms with Crippen molar-refractivity contribution in [1.82, 2.24) is 0 Å². The first-order valence-corrected chi connectivity index (χ1v) is 9.03. The van der Waals surface area contributed by atoms with E-state index in [0.717, 1.165) is 18.2 Å². The zero-order valence-corrected chi connectivity index (χ0v) is 16.8. The Bertz CT molecular complexity index is 1220. The molecule has 10 nitrogen and oxygen atoms in total. The van der Waals surface area contributed by atoms with E-state index in [1.165, 1.54) is 25.1 Å². The monoisotopic (exact) mass is 442 g/mol. The highest BCUT2D eigenvalue weighted by atomic mass is 16.5. The Labute approximate surface area is 180 Å². The highest BCUT2D eigenvalue weighted by molar-refractivity contribution is 5.95. The van der Waals surface area contributed by atoms with Gasteiger partial charge in [-0.2, -0.15) is 0 Å². The highest BCUT2D eigenvalue weighted by Crippen LogP contribution is 2.40. The number of aromatic hydroxyl groups is 6. The maximum atomic E-state index is 12.5. The molecular weight excluding hydrogens is 424 g/mol. The van der Waals surface area contributed by atoms with Crippen LogP contribution < -0.4 is 9.47 Å². The van der Waals surface area contributed by atoms with Crippen molar-refractivity contribution in [1.29, 1.82) is 0 Å². The number of hydrogen-bond donors (Lipinski definition) is 6. The molecule has 10 heteroatoms.